The summed E-state index contributed by atoms with van der Waals surface area (Å²) in [5.74, 6) is 0. The molecule has 268 valence electrons. The number of nitrogens with zero attached hydrogens (tertiary/aromatic N) is 2. The van der Waals surface area contributed by atoms with E-state index < -0.39 is 0 Å². The van der Waals surface area contributed by atoms with Crippen molar-refractivity contribution in [2.24, 2.45) is 0 Å². The molecule has 56 heavy (non-hydrogen) atoms. The molecule has 2 nitrogen and oxygen atoms in total. The average molecular weight is 719 g/mol. The van der Waals surface area contributed by atoms with Gasteiger partial charge in [-0.2, -0.15) is 0 Å². The largest absolute Gasteiger partial charge is 0.309 e. The predicted molar refractivity (Wildman–Crippen MR) is 236 cm³/mol. The molecule has 0 unspecified atom stereocenters. The van der Waals surface area contributed by atoms with Crippen LogP contribution in [0.4, 0.5) is 17.1 Å². The Hall–Kier alpha value is -6.64. The van der Waals surface area contributed by atoms with Crippen LogP contribution in [-0.4, -0.2) is 4.57 Å². The van der Waals surface area contributed by atoms with E-state index in [4.69, 9.17) is 0 Å². The van der Waals surface area contributed by atoms with Crippen LogP contribution in [0.2, 0.25) is 0 Å². The molecule has 2 aliphatic rings. The van der Waals surface area contributed by atoms with Crippen molar-refractivity contribution in [1.29, 1.82) is 0 Å². The lowest BCUT2D eigenvalue weighted by Gasteiger charge is -2.32. The molecular weight excluding hydrogens is 677 g/mol. The summed E-state index contributed by atoms with van der Waals surface area (Å²) < 4.78 is 2.46. The molecular formula is C54H42N2. The normalized spacial score (nSPS) is 14.4. The molecule has 8 aromatic carbocycles. The molecule has 0 saturated carbocycles. The van der Waals surface area contributed by atoms with Gasteiger partial charge in [-0.1, -0.05) is 173 Å². The fourth-order valence-corrected chi connectivity index (χ4v) is 10.2. The molecule has 0 fully saturated rings. The zero-order valence-electron chi connectivity index (χ0n) is 32.2. The summed E-state index contributed by atoms with van der Waals surface area (Å²) in [5, 5.41) is 2.50. The number of hydrogen-bond donors (Lipinski definition) is 0. The Bertz CT molecular complexity index is 2930. The minimum Gasteiger partial charge on any atom is -0.309 e. The van der Waals surface area contributed by atoms with Crippen LogP contribution in [0.25, 0.3) is 60.9 Å². The van der Waals surface area contributed by atoms with Crippen LogP contribution in [0.5, 0.6) is 0 Å². The summed E-state index contributed by atoms with van der Waals surface area (Å²) >= 11 is 0. The first-order valence-electron chi connectivity index (χ1n) is 19.8. The Morgan fingerprint density at radius 1 is 0.357 bits per heavy atom. The molecule has 9 aromatic rings. The van der Waals surface area contributed by atoms with Crippen molar-refractivity contribution >= 4 is 38.9 Å². The van der Waals surface area contributed by atoms with Gasteiger partial charge < -0.3 is 9.47 Å². The van der Waals surface area contributed by atoms with E-state index in [9.17, 15) is 0 Å². The number of aromatic nitrogens is 1. The minimum atomic E-state index is -0.136. The van der Waals surface area contributed by atoms with Crippen LogP contribution in [-0.2, 0) is 10.8 Å². The van der Waals surface area contributed by atoms with Gasteiger partial charge in [0.25, 0.3) is 0 Å². The summed E-state index contributed by atoms with van der Waals surface area (Å²) in [7, 11) is 0. The zero-order chi connectivity index (χ0) is 37.8. The van der Waals surface area contributed by atoms with Crippen LogP contribution >= 0.6 is 0 Å². The molecule has 1 heterocycles. The Kier molecular flexibility index (Phi) is 6.98. The molecule has 11 rings (SSSR count). The third-order valence-electron chi connectivity index (χ3n) is 12.8. The van der Waals surface area contributed by atoms with Crippen molar-refractivity contribution in [3.05, 3.63) is 204 Å². The summed E-state index contributed by atoms with van der Waals surface area (Å²) in [6.07, 6.45) is 0. The van der Waals surface area contributed by atoms with Crippen molar-refractivity contribution in [2.75, 3.05) is 4.90 Å². The second-order valence-electron chi connectivity index (χ2n) is 16.5. The molecule has 2 aliphatic carbocycles. The molecule has 1 aromatic heterocycles. The predicted octanol–water partition coefficient (Wildman–Crippen LogP) is 14.5. The van der Waals surface area contributed by atoms with Crippen molar-refractivity contribution in [2.45, 2.75) is 38.5 Å². The molecule has 0 atom stereocenters. The van der Waals surface area contributed by atoms with Crippen LogP contribution in [0.3, 0.4) is 0 Å². The molecule has 2 heteroatoms. The van der Waals surface area contributed by atoms with E-state index in [1.807, 2.05) is 0 Å². The summed E-state index contributed by atoms with van der Waals surface area (Å²) in [5.41, 5.74) is 19.9. The van der Waals surface area contributed by atoms with Crippen molar-refractivity contribution < 1.29 is 0 Å². The van der Waals surface area contributed by atoms with Crippen molar-refractivity contribution in [1.82, 2.24) is 4.57 Å². The van der Waals surface area contributed by atoms with E-state index in [1.165, 1.54) is 88.8 Å². The standard InChI is InChI=1S/C54H42N2/c1-53(2)42-27-12-8-23-40(42)50-44(53)29-17-33-48(50)56(49-34-18-30-45-51(49)41-24-9-13-28-43(41)54(45,3)4)47-32-15-11-22-37(47)39-26-16-25-38-36-21-10-14-31-46(36)55(52(38)39)35-19-6-5-7-20-35/h5-34H,1-4H3. The Morgan fingerprint density at radius 2 is 0.804 bits per heavy atom. The number of para-hydroxylation sites is 4. The van der Waals surface area contributed by atoms with Gasteiger partial charge in [-0.15, -0.1) is 0 Å². The second kappa shape index (κ2) is 11.9. The lowest BCUT2D eigenvalue weighted by atomic mass is 9.82. The number of rotatable bonds is 5. The van der Waals surface area contributed by atoms with Crippen LogP contribution in [0, 0.1) is 0 Å². The minimum absolute atomic E-state index is 0.136. The van der Waals surface area contributed by atoms with Crippen LogP contribution in [0.15, 0.2) is 182 Å². The van der Waals surface area contributed by atoms with Crippen molar-refractivity contribution in [3.63, 3.8) is 0 Å². The number of benzene rings is 8. The molecule has 0 radical (unpaired) electrons. The van der Waals surface area contributed by atoms with Gasteiger partial charge in [0.1, 0.15) is 0 Å². The van der Waals surface area contributed by atoms with Crippen LogP contribution < -0.4 is 4.90 Å². The molecule has 0 saturated heterocycles. The molecule has 0 spiro atoms. The maximum atomic E-state index is 2.59. The monoisotopic (exact) mass is 718 g/mol. The van der Waals surface area contributed by atoms with E-state index >= 15 is 0 Å². The van der Waals surface area contributed by atoms with E-state index in [-0.39, 0.29) is 10.8 Å². The van der Waals surface area contributed by atoms with Gasteiger partial charge >= 0.3 is 0 Å². The van der Waals surface area contributed by atoms with E-state index in [0.29, 0.717) is 0 Å². The summed E-state index contributed by atoms with van der Waals surface area (Å²) in [6.45, 7) is 9.51. The van der Waals surface area contributed by atoms with Crippen molar-refractivity contribution in [3.8, 4) is 39.1 Å². The molecule has 0 bridgehead atoms. The third-order valence-corrected chi connectivity index (χ3v) is 12.8. The molecule has 0 aliphatic heterocycles. The fraction of sp³-hybridized carbons (Fsp3) is 0.111. The average Bonchev–Trinajstić information content (AvgIpc) is 3.79. The Morgan fingerprint density at radius 3 is 1.45 bits per heavy atom. The van der Waals surface area contributed by atoms with E-state index in [0.717, 1.165) is 11.4 Å². The first kappa shape index (κ1) is 32.8. The maximum absolute atomic E-state index is 2.59. The SMILES string of the molecule is CC1(C)c2ccccc2-c2c(N(c3ccccc3-c3cccc4c5ccccc5n(-c5ccccc5)c34)c3cccc4c3-c3ccccc3C4(C)C)cccc21. The third kappa shape index (κ3) is 4.44. The molecule has 0 N–H and O–H groups in total. The Balaban J connectivity index is 1.27. The number of hydrogen-bond acceptors (Lipinski definition) is 1. The second-order valence-corrected chi connectivity index (χ2v) is 16.5. The summed E-state index contributed by atoms with van der Waals surface area (Å²) in [6, 6.07) is 67.5. The van der Waals surface area contributed by atoms with Gasteiger partial charge in [0.05, 0.1) is 28.1 Å². The maximum Gasteiger partial charge on any atom is 0.0620 e. The van der Waals surface area contributed by atoms with Crippen LogP contribution in [0.1, 0.15) is 49.9 Å². The lowest BCUT2D eigenvalue weighted by molar-refractivity contribution is 0.660. The van der Waals surface area contributed by atoms with Gasteiger partial charge in [-0.05, 0) is 69.8 Å². The zero-order valence-corrected chi connectivity index (χ0v) is 32.2. The lowest BCUT2D eigenvalue weighted by Crippen LogP contribution is -2.17. The summed E-state index contributed by atoms with van der Waals surface area (Å²) in [4.78, 5) is 2.59. The molecule has 0 amide bonds. The number of fused-ring (bicyclic) bond motifs is 9. The smallest absolute Gasteiger partial charge is 0.0620 e. The fourth-order valence-electron chi connectivity index (χ4n) is 10.2. The highest BCUT2D eigenvalue weighted by molar-refractivity contribution is 6.15. The van der Waals surface area contributed by atoms with E-state index in [2.05, 4.69) is 219 Å². The van der Waals surface area contributed by atoms with Gasteiger partial charge in [0.15, 0.2) is 0 Å². The first-order valence-corrected chi connectivity index (χ1v) is 19.8. The number of anilines is 3. The topological polar surface area (TPSA) is 8.17 Å². The Labute approximate surface area is 328 Å². The van der Waals surface area contributed by atoms with Gasteiger partial charge in [0.2, 0.25) is 0 Å². The highest BCUT2D eigenvalue weighted by Crippen LogP contribution is 2.59. The van der Waals surface area contributed by atoms with Gasteiger partial charge in [0, 0.05) is 49.5 Å². The van der Waals surface area contributed by atoms with E-state index in [1.54, 1.807) is 0 Å². The highest BCUT2D eigenvalue weighted by atomic mass is 15.2. The van der Waals surface area contributed by atoms with Gasteiger partial charge in [-0.3, -0.25) is 0 Å². The first-order chi connectivity index (χ1) is 27.4. The quantitative estimate of drug-likeness (QED) is 0.172. The highest BCUT2D eigenvalue weighted by Gasteiger charge is 2.41. The van der Waals surface area contributed by atoms with Gasteiger partial charge in [-0.25, -0.2) is 0 Å².